The first-order valence-electron chi connectivity index (χ1n) is 5.50. The van der Waals surface area contributed by atoms with Crippen molar-refractivity contribution in [1.82, 2.24) is 14.8 Å². The van der Waals surface area contributed by atoms with E-state index in [9.17, 15) is 9.90 Å². The van der Waals surface area contributed by atoms with Crippen LogP contribution in [0.1, 0.15) is 10.4 Å². The second-order valence-corrected chi connectivity index (χ2v) is 4.08. The number of nitrogens with one attached hydrogen (secondary N) is 1. The monoisotopic (exact) mass is 241 g/mol. The van der Waals surface area contributed by atoms with Crippen LogP contribution in [0.25, 0.3) is 22.2 Å². The van der Waals surface area contributed by atoms with Crippen LogP contribution in [-0.2, 0) is 7.05 Å². The largest absolute Gasteiger partial charge is 0.478 e. The highest BCUT2D eigenvalue weighted by atomic mass is 16.4. The number of carbonyl (C=O) groups is 1. The van der Waals surface area contributed by atoms with Gasteiger partial charge in [0, 0.05) is 29.7 Å². The van der Waals surface area contributed by atoms with Gasteiger partial charge in [-0.25, -0.2) is 4.79 Å². The first kappa shape index (κ1) is 10.6. The van der Waals surface area contributed by atoms with Crippen LogP contribution in [0.4, 0.5) is 0 Å². The maximum Gasteiger partial charge on any atom is 0.339 e. The fourth-order valence-electron chi connectivity index (χ4n) is 2.21. The molecule has 0 aliphatic carbocycles. The third-order valence-electron chi connectivity index (χ3n) is 3.02. The molecule has 0 saturated carbocycles. The van der Waals surface area contributed by atoms with E-state index in [1.165, 1.54) is 6.20 Å². The van der Waals surface area contributed by atoms with Crippen LogP contribution in [0.5, 0.6) is 0 Å². The summed E-state index contributed by atoms with van der Waals surface area (Å²) in [6, 6.07) is 7.69. The number of carboxylic acids is 1. The van der Waals surface area contributed by atoms with Crippen molar-refractivity contribution in [1.29, 1.82) is 0 Å². The lowest BCUT2D eigenvalue weighted by atomic mass is 10.0. The molecule has 0 amide bonds. The van der Waals surface area contributed by atoms with Crippen LogP contribution < -0.4 is 0 Å². The molecule has 0 fully saturated rings. The van der Waals surface area contributed by atoms with Crippen LogP contribution in [-0.4, -0.2) is 25.8 Å². The Morgan fingerprint density at radius 3 is 3.00 bits per heavy atom. The summed E-state index contributed by atoms with van der Waals surface area (Å²) in [5.41, 5.74) is 2.68. The third kappa shape index (κ3) is 1.41. The van der Waals surface area contributed by atoms with E-state index >= 15 is 0 Å². The Morgan fingerprint density at radius 1 is 1.39 bits per heavy atom. The van der Waals surface area contributed by atoms with E-state index in [1.54, 1.807) is 11.7 Å². The summed E-state index contributed by atoms with van der Waals surface area (Å²) in [5.74, 6) is -0.967. The zero-order valence-electron chi connectivity index (χ0n) is 9.71. The van der Waals surface area contributed by atoms with Crippen molar-refractivity contribution in [2.45, 2.75) is 0 Å². The maximum atomic E-state index is 11.2. The second-order valence-electron chi connectivity index (χ2n) is 4.08. The minimum atomic E-state index is -0.967. The van der Waals surface area contributed by atoms with Gasteiger partial charge >= 0.3 is 5.97 Å². The smallest absolute Gasteiger partial charge is 0.339 e. The molecule has 0 atom stereocenters. The zero-order valence-corrected chi connectivity index (χ0v) is 9.71. The van der Waals surface area contributed by atoms with Crippen molar-refractivity contribution in [2.75, 3.05) is 0 Å². The molecule has 0 spiro atoms. The van der Waals surface area contributed by atoms with Crippen molar-refractivity contribution in [3.05, 3.63) is 42.2 Å². The average Bonchev–Trinajstić information content (AvgIpc) is 2.94. The maximum absolute atomic E-state index is 11.2. The standard InChI is InChI=1S/C13H11N3O2/c1-16-12(10(7-15-16)13(17)18)9-3-2-4-11-8(9)5-6-14-11/h2-7,14H,1H3,(H,17,18). The summed E-state index contributed by atoms with van der Waals surface area (Å²) in [7, 11) is 1.74. The van der Waals surface area contributed by atoms with Gasteiger partial charge in [0.25, 0.3) is 0 Å². The Labute approximate surface area is 103 Å². The second kappa shape index (κ2) is 3.73. The molecule has 0 saturated heterocycles. The van der Waals surface area contributed by atoms with Crippen molar-refractivity contribution < 1.29 is 9.90 Å². The van der Waals surface area contributed by atoms with Gasteiger partial charge in [-0.05, 0) is 12.1 Å². The predicted octanol–water partition coefficient (Wildman–Crippen LogP) is 2.27. The average molecular weight is 241 g/mol. The van der Waals surface area contributed by atoms with E-state index in [1.807, 2.05) is 30.5 Å². The molecule has 0 bridgehead atoms. The van der Waals surface area contributed by atoms with Crippen LogP contribution >= 0.6 is 0 Å². The molecule has 3 rings (SSSR count). The summed E-state index contributed by atoms with van der Waals surface area (Å²) in [6.07, 6.45) is 3.22. The molecular formula is C13H11N3O2. The van der Waals surface area contributed by atoms with E-state index < -0.39 is 5.97 Å². The molecule has 1 aromatic carbocycles. The number of aryl methyl sites for hydroxylation is 1. The summed E-state index contributed by atoms with van der Waals surface area (Å²) < 4.78 is 1.59. The van der Waals surface area contributed by atoms with Gasteiger partial charge < -0.3 is 10.1 Å². The van der Waals surface area contributed by atoms with Gasteiger partial charge in [-0.2, -0.15) is 5.10 Å². The van der Waals surface area contributed by atoms with E-state index in [4.69, 9.17) is 0 Å². The van der Waals surface area contributed by atoms with Gasteiger partial charge in [0.1, 0.15) is 5.56 Å². The minimum absolute atomic E-state index is 0.214. The minimum Gasteiger partial charge on any atom is -0.478 e. The van der Waals surface area contributed by atoms with E-state index in [2.05, 4.69) is 10.1 Å². The van der Waals surface area contributed by atoms with Gasteiger partial charge in [0.2, 0.25) is 0 Å². The number of aromatic amines is 1. The molecule has 0 aliphatic rings. The lowest BCUT2D eigenvalue weighted by Crippen LogP contribution is -2.00. The number of nitrogens with zero attached hydrogens (tertiary/aromatic N) is 2. The molecule has 18 heavy (non-hydrogen) atoms. The summed E-state index contributed by atoms with van der Waals surface area (Å²) >= 11 is 0. The molecule has 5 heteroatoms. The Kier molecular flexibility index (Phi) is 2.19. The predicted molar refractivity (Wildman–Crippen MR) is 67.5 cm³/mol. The van der Waals surface area contributed by atoms with Gasteiger partial charge in [0.15, 0.2) is 0 Å². The van der Waals surface area contributed by atoms with Crippen molar-refractivity contribution in [3.63, 3.8) is 0 Å². The molecule has 0 radical (unpaired) electrons. The highest BCUT2D eigenvalue weighted by molar-refractivity contribution is 6.01. The van der Waals surface area contributed by atoms with Crippen LogP contribution in [0.2, 0.25) is 0 Å². The molecule has 2 N–H and O–H groups in total. The SMILES string of the molecule is Cn1ncc(C(=O)O)c1-c1cccc2[nH]ccc12. The number of aromatic nitrogens is 3. The van der Waals surface area contributed by atoms with Gasteiger partial charge in [0.05, 0.1) is 11.9 Å². The number of H-pyrrole nitrogens is 1. The fraction of sp³-hybridized carbons (Fsp3) is 0.0769. The van der Waals surface area contributed by atoms with E-state index in [0.29, 0.717) is 5.69 Å². The first-order chi connectivity index (χ1) is 8.68. The molecule has 2 heterocycles. The number of rotatable bonds is 2. The quantitative estimate of drug-likeness (QED) is 0.723. The summed E-state index contributed by atoms with van der Waals surface area (Å²) in [6.45, 7) is 0. The summed E-state index contributed by atoms with van der Waals surface area (Å²) in [4.78, 5) is 14.3. The van der Waals surface area contributed by atoms with Crippen LogP contribution in [0, 0.1) is 0 Å². The number of hydrogen-bond acceptors (Lipinski definition) is 2. The molecule has 2 aromatic heterocycles. The lowest BCUT2D eigenvalue weighted by Gasteiger charge is -2.05. The lowest BCUT2D eigenvalue weighted by molar-refractivity contribution is 0.0697. The highest BCUT2D eigenvalue weighted by Crippen LogP contribution is 2.30. The van der Waals surface area contributed by atoms with Crippen molar-refractivity contribution >= 4 is 16.9 Å². The number of carboxylic acid groups (broad SMARTS) is 1. The molecule has 5 nitrogen and oxygen atoms in total. The number of benzene rings is 1. The Morgan fingerprint density at radius 2 is 2.22 bits per heavy atom. The zero-order chi connectivity index (χ0) is 12.7. The van der Waals surface area contributed by atoms with E-state index in [-0.39, 0.29) is 5.56 Å². The normalized spacial score (nSPS) is 10.9. The number of hydrogen-bond donors (Lipinski definition) is 2. The number of aromatic carboxylic acids is 1. The first-order valence-corrected chi connectivity index (χ1v) is 5.50. The Hall–Kier alpha value is -2.56. The van der Waals surface area contributed by atoms with Gasteiger partial charge in [-0.15, -0.1) is 0 Å². The molecule has 90 valence electrons. The Balaban J connectivity index is 2.36. The highest BCUT2D eigenvalue weighted by Gasteiger charge is 2.18. The molecule has 0 aliphatic heterocycles. The number of fused-ring (bicyclic) bond motifs is 1. The van der Waals surface area contributed by atoms with Gasteiger partial charge in [-0.1, -0.05) is 12.1 Å². The van der Waals surface area contributed by atoms with Gasteiger partial charge in [-0.3, -0.25) is 4.68 Å². The fourth-order valence-corrected chi connectivity index (χ4v) is 2.21. The molecule has 0 unspecified atom stereocenters. The molecular weight excluding hydrogens is 230 g/mol. The topological polar surface area (TPSA) is 70.9 Å². The third-order valence-corrected chi connectivity index (χ3v) is 3.02. The van der Waals surface area contributed by atoms with Crippen molar-refractivity contribution in [2.24, 2.45) is 7.05 Å². The van der Waals surface area contributed by atoms with Crippen LogP contribution in [0.15, 0.2) is 36.7 Å². The van der Waals surface area contributed by atoms with Crippen LogP contribution in [0.3, 0.4) is 0 Å². The summed E-state index contributed by atoms with van der Waals surface area (Å²) in [5, 5.41) is 14.2. The Bertz CT molecular complexity index is 740. The molecule has 3 aromatic rings. The van der Waals surface area contributed by atoms with Crippen molar-refractivity contribution in [3.8, 4) is 11.3 Å². The van der Waals surface area contributed by atoms with E-state index in [0.717, 1.165) is 16.5 Å².